The summed E-state index contributed by atoms with van der Waals surface area (Å²) in [5.41, 5.74) is 4.05. The molecular formula is C25H28BFeN. The molecule has 0 unspecified atom stereocenters. The molecule has 4 aliphatic rings. The quantitative estimate of drug-likeness (QED) is 0.512. The van der Waals surface area contributed by atoms with Crippen LogP contribution in [0.5, 0.6) is 0 Å². The Morgan fingerprint density at radius 3 is 2.11 bits per heavy atom. The Balaban J connectivity index is 0.000000329. The summed E-state index contributed by atoms with van der Waals surface area (Å²) in [6.07, 6.45) is 31.7. The zero-order chi connectivity index (χ0) is 18.3. The second-order valence-corrected chi connectivity index (χ2v) is 7.90. The van der Waals surface area contributed by atoms with Crippen LogP contribution in [0.1, 0.15) is 44.2 Å². The van der Waals surface area contributed by atoms with Crippen molar-refractivity contribution in [2.24, 2.45) is 0 Å². The summed E-state index contributed by atoms with van der Waals surface area (Å²) < 4.78 is 0. The molecule has 0 saturated carbocycles. The van der Waals surface area contributed by atoms with Crippen molar-refractivity contribution in [3.05, 3.63) is 96.5 Å². The molecule has 1 aromatic heterocycles. The second kappa shape index (κ2) is 10.8. The summed E-state index contributed by atoms with van der Waals surface area (Å²) in [6, 6.07) is 6.21. The van der Waals surface area contributed by atoms with Crippen LogP contribution in [0.25, 0.3) is 6.08 Å². The van der Waals surface area contributed by atoms with Crippen LogP contribution in [-0.4, -0.2) is 11.7 Å². The minimum absolute atomic E-state index is 0. The minimum atomic E-state index is 0. The van der Waals surface area contributed by atoms with E-state index < -0.39 is 0 Å². The van der Waals surface area contributed by atoms with Crippen molar-refractivity contribution in [3.8, 4) is 0 Å². The van der Waals surface area contributed by atoms with Gasteiger partial charge in [-0.2, -0.15) is 0 Å². The Kier molecular flexibility index (Phi) is 8.19. The number of allylic oxidation sites excluding steroid dienone is 9. The van der Waals surface area contributed by atoms with E-state index in [1.165, 1.54) is 49.6 Å². The van der Waals surface area contributed by atoms with Gasteiger partial charge in [-0.15, -0.1) is 0 Å². The molecular weight excluding hydrogens is 381 g/mol. The predicted molar refractivity (Wildman–Crippen MR) is 117 cm³/mol. The fraction of sp³-hybridized carbons (Fsp3) is 0.320. The molecule has 2 bridgehead atoms. The van der Waals surface area contributed by atoms with E-state index in [1.54, 1.807) is 0 Å². The first-order valence-electron chi connectivity index (χ1n) is 10.4. The molecule has 2 fully saturated rings. The molecule has 144 valence electrons. The van der Waals surface area contributed by atoms with E-state index in [-0.39, 0.29) is 17.1 Å². The number of hydrogen-bond acceptors (Lipinski definition) is 1. The molecule has 2 radical (unpaired) electrons. The van der Waals surface area contributed by atoms with Crippen molar-refractivity contribution < 1.29 is 17.1 Å². The van der Waals surface area contributed by atoms with E-state index in [2.05, 4.69) is 47.8 Å². The molecule has 28 heavy (non-hydrogen) atoms. The molecule has 3 heterocycles. The van der Waals surface area contributed by atoms with E-state index in [0.29, 0.717) is 0 Å². The maximum atomic E-state index is 4.54. The first-order valence-corrected chi connectivity index (χ1v) is 10.4. The van der Waals surface area contributed by atoms with Gasteiger partial charge in [0.25, 0.3) is 0 Å². The number of fused-ring (bicyclic) bond motifs is 2. The number of nitrogens with zero attached hydrogens (tertiary/aromatic N) is 1. The molecule has 3 heteroatoms. The van der Waals surface area contributed by atoms with Gasteiger partial charge in [0, 0.05) is 36.1 Å². The average molecular weight is 409 g/mol. The molecule has 0 aromatic carbocycles. The second-order valence-electron chi connectivity index (χ2n) is 7.90. The zero-order valence-corrected chi connectivity index (χ0v) is 17.5. The van der Waals surface area contributed by atoms with Crippen LogP contribution in [-0.2, 0) is 17.1 Å². The Morgan fingerprint density at radius 1 is 0.893 bits per heavy atom. The third-order valence-electron chi connectivity index (χ3n) is 6.22. The molecule has 0 atom stereocenters. The van der Waals surface area contributed by atoms with Crippen LogP contribution in [0.3, 0.4) is 0 Å². The standard InChI is InChI=1S/C20H23BN.C5H5.Fe/c1-2-8-16(7-1)20(15-19-13-3-4-14-22-19)21-17-9-5-10-18(21)12-6-11-17;1-2-4-5-3-1;/h1-4,7-8,13-15,17-18H,5-6,9-12H2;1-5H;/b20-15-;;. The van der Waals surface area contributed by atoms with Gasteiger partial charge < -0.3 is 0 Å². The largest absolute Gasteiger partial charge is 0.257 e. The molecule has 0 N–H and O–H groups in total. The van der Waals surface area contributed by atoms with Crippen molar-refractivity contribution >= 4 is 12.8 Å². The number of hydrogen-bond donors (Lipinski definition) is 0. The van der Waals surface area contributed by atoms with Crippen LogP contribution in [0.4, 0.5) is 0 Å². The molecule has 0 spiro atoms. The van der Waals surface area contributed by atoms with Gasteiger partial charge in [-0.25, -0.2) is 0 Å². The van der Waals surface area contributed by atoms with Crippen molar-refractivity contribution in [1.29, 1.82) is 0 Å². The first kappa shape index (κ1) is 21.2. The van der Waals surface area contributed by atoms with E-state index in [1.807, 2.05) is 43.0 Å². The number of pyridine rings is 1. The SMILES string of the molecule is [CH]1C=CC(/C(=C/c2ccccn2)B2C3CCCC2CCC3)=C1.[CH]1C=CC=C1.[Fe]. The fourth-order valence-electron chi connectivity index (χ4n) is 5.06. The van der Waals surface area contributed by atoms with Gasteiger partial charge in [0.2, 0.25) is 0 Å². The normalized spacial score (nSPS) is 25.1. The molecule has 1 nitrogen and oxygen atoms in total. The summed E-state index contributed by atoms with van der Waals surface area (Å²) in [6.45, 7) is 0.743. The summed E-state index contributed by atoms with van der Waals surface area (Å²) in [5, 5.41) is 0. The zero-order valence-electron chi connectivity index (χ0n) is 16.4. The Hall–Kier alpha value is -1.57. The van der Waals surface area contributed by atoms with Crippen molar-refractivity contribution in [2.45, 2.75) is 50.2 Å². The van der Waals surface area contributed by atoms with Crippen LogP contribution in [0.2, 0.25) is 11.6 Å². The Labute approximate surface area is 181 Å². The Bertz CT molecular complexity index is 743. The topological polar surface area (TPSA) is 12.9 Å². The monoisotopic (exact) mass is 409 g/mol. The van der Waals surface area contributed by atoms with E-state index in [4.69, 9.17) is 0 Å². The summed E-state index contributed by atoms with van der Waals surface area (Å²) in [4.78, 5) is 4.54. The third kappa shape index (κ3) is 5.28. The van der Waals surface area contributed by atoms with Gasteiger partial charge >= 0.3 is 0 Å². The minimum Gasteiger partial charge on any atom is -0.257 e. The third-order valence-corrected chi connectivity index (χ3v) is 6.22. The summed E-state index contributed by atoms with van der Waals surface area (Å²) in [7, 11) is 0. The van der Waals surface area contributed by atoms with Gasteiger partial charge in [0.05, 0.1) is 5.69 Å². The molecule has 2 aliphatic carbocycles. The van der Waals surface area contributed by atoms with Gasteiger partial charge in [-0.05, 0) is 23.8 Å². The van der Waals surface area contributed by atoms with Crippen molar-refractivity contribution in [3.63, 3.8) is 0 Å². The number of aromatic nitrogens is 1. The van der Waals surface area contributed by atoms with Crippen LogP contribution < -0.4 is 0 Å². The average Bonchev–Trinajstić information content (AvgIpc) is 3.43. The van der Waals surface area contributed by atoms with Crippen molar-refractivity contribution in [2.75, 3.05) is 0 Å². The smallest absolute Gasteiger partial charge is 0.183 e. The Morgan fingerprint density at radius 2 is 1.61 bits per heavy atom. The molecule has 2 saturated heterocycles. The van der Waals surface area contributed by atoms with Gasteiger partial charge in [-0.3, -0.25) is 4.98 Å². The molecule has 0 amide bonds. The molecule has 1 aromatic rings. The van der Waals surface area contributed by atoms with Crippen LogP contribution in [0, 0.1) is 12.8 Å². The predicted octanol–water partition coefficient (Wildman–Crippen LogP) is 6.62. The molecule has 2 aliphatic heterocycles. The van der Waals surface area contributed by atoms with E-state index >= 15 is 0 Å². The van der Waals surface area contributed by atoms with Crippen LogP contribution >= 0.6 is 0 Å². The molecule has 5 rings (SSSR count). The van der Waals surface area contributed by atoms with E-state index in [0.717, 1.165) is 24.0 Å². The summed E-state index contributed by atoms with van der Waals surface area (Å²) in [5.74, 6) is 1.77. The fourth-order valence-corrected chi connectivity index (χ4v) is 5.06. The van der Waals surface area contributed by atoms with Gasteiger partial charge in [-0.1, -0.05) is 104 Å². The maximum Gasteiger partial charge on any atom is 0.183 e. The number of rotatable bonds is 3. The summed E-state index contributed by atoms with van der Waals surface area (Å²) >= 11 is 0. The first-order chi connectivity index (χ1) is 13.4. The van der Waals surface area contributed by atoms with Gasteiger partial charge in [0.1, 0.15) is 0 Å². The van der Waals surface area contributed by atoms with E-state index in [9.17, 15) is 0 Å². The maximum absolute atomic E-state index is 4.54. The van der Waals surface area contributed by atoms with Crippen LogP contribution in [0.15, 0.2) is 78.0 Å². The van der Waals surface area contributed by atoms with Gasteiger partial charge in [0.15, 0.2) is 6.71 Å². The van der Waals surface area contributed by atoms with Crippen molar-refractivity contribution in [1.82, 2.24) is 4.98 Å².